The Bertz CT molecular complexity index is 774. The summed E-state index contributed by atoms with van der Waals surface area (Å²) in [4.78, 5) is 29.5. The van der Waals surface area contributed by atoms with E-state index in [-0.39, 0.29) is 23.5 Å². The lowest BCUT2D eigenvalue weighted by Crippen LogP contribution is -2.32. The van der Waals surface area contributed by atoms with Crippen molar-refractivity contribution in [3.05, 3.63) is 41.2 Å². The number of hydrogen-bond donors (Lipinski definition) is 2. The lowest BCUT2D eigenvalue weighted by molar-refractivity contribution is -0.122. The number of nitrogens with zero attached hydrogens (tertiary/aromatic N) is 2. The Labute approximate surface area is 155 Å². The molecule has 0 radical (unpaired) electrons. The van der Waals surface area contributed by atoms with Gasteiger partial charge >= 0.3 is 0 Å². The van der Waals surface area contributed by atoms with Crippen LogP contribution in [0.4, 0.5) is 15.2 Å². The number of hydrogen-bond acceptors (Lipinski definition) is 5. The third-order valence-corrected chi connectivity index (χ3v) is 4.86. The molecule has 6 nitrogen and oxygen atoms in total. The SMILES string of the molecule is CC(=O)N(c1ccc(F)cc1)c1nc(CNCCNC(=O)C2CC2)cs1. The minimum absolute atomic E-state index is 0.138. The summed E-state index contributed by atoms with van der Waals surface area (Å²) in [7, 11) is 0. The van der Waals surface area contributed by atoms with Crippen LogP contribution < -0.4 is 15.5 Å². The molecule has 1 aromatic carbocycles. The number of aromatic nitrogens is 1. The quantitative estimate of drug-likeness (QED) is 0.695. The molecule has 1 heterocycles. The van der Waals surface area contributed by atoms with Crippen LogP contribution in [0.1, 0.15) is 25.5 Å². The van der Waals surface area contributed by atoms with Crippen molar-refractivity contribution in [1.82, 2.24) is 15.6 Å². The van der Waals surface area contributed by atoms with Crippen LogP contribution in [0.3, 0.4) is 0 Å². The summed E-state index contributed by atoms with van der Waals surface area (Å²) in [5.41, 5.74) is 1.39. The highest BCUT2D eigenvalue weighted by Gasteiger charge is 2.28. The maximum absolute atomic E-state index is 13.1. The Morgan fingerprint density at radius 3 is 2.65 bits per heavy atom. The van der Waals surface area contributed by atoms with Crippen molar-refractivity contribution < 1.29 is 14.0 Å². The van der Waals surface area contributed by atoms with Crippen LogP contribution in [0.25, 0.3) is 0 Å². The lowest BCUT2D eigenvalue weighted by atomic mass is 10.3. The number of nitrogens with one attached hydrogen (secondary N) is 2. The monoisotopic (exact) mass is 376 g/mol. The van der Waals surface area contributed by atoms with Gasteiger partial charge in [-0.25, -0.2) is 9.37 Å². The minimum Gasteiger partial charge on any atom is -0.355 e. The Morgan fingerprint density at radius 1 is 1.27 bits per heavy atom. The second kappa shape index (κ2) is 8.37. The Balaban J connectivity index is 1.52. The summed E-state index contributed by atoms with van der Waals surface area (Å²) in [5, 5.41) is 8.54. The van der Waals surface area contributed by atoms with E-state index in [1.807, 2.05) is 5.38 Å². The first-order valence-electron chi connectivity index (χ1n) is 8.53. The molecule has 26 heavy (non-hydrogen) atoms. The number of anilines is 2. The van der Waals surface area contributed by atoms with Crippen molar-refractivity contribution in [3.8, 4) is 0 Å². The summed E-state index contributed by atoms with van der Waals surface area (Å²) in [6.45, 7) is 3.23. The van der Waals surface area contributed by atoms with Crippen molar-refractivity contribution >= 4 is 34.0 Å². The summed E-state index contributed by atoms with van der Waals surface area (Å²) in [6.07, 6.45) is 2.00. The third kappa shape index (κ3) is 4.86. The van der Waals surface area contributed by atoms with Gasteiger partial charge in [0.25, 0.3) is 0 Å². The smallest absolute Gasteiger partial charge is 0.230 e. The van der Waals surface area contributed by atoms with Gasteiger partial charge in [0, 0.05) is 37.9 Å². The topological polar surface area (TPSA) is 74.3 Å². The van der Waals surface area contributed by atoms with Crippen LogP contribution in [0.15, 0.2) is 29.6 Å². The molecule has 1 aliphatic carbocycles. The van der Waals surface area contributed by atoms with E-state index < -0.39 is 0 Å². The van der Waals surface area contributed by atoms with Crippen LogP contribution in [0, 0.1) is 11.7 Å². The minimum atomic E-state index is -0.352. The molecule has 0 aliphatic heterocycles. The van der Waals surface area contributed by atoms with Gasteiger partial charge in [0.05, 0.1) is 11.4 Å². The Morgan fingerprint density at radius 2 is 2.00 bits per heavy atom. The second-order valence-electron chi connectivity index (χ2n) is 6.19. The van der Waals surface area contributed by atoms with Gasteiger partial charge in [0.1, 0.15) is 5.82 Å². The van der Waals surface area contributed by atoms with Crippen LogP contribution in [0.2, 0.25) is 0 Å². The van der Waals surface area contributed by atoms with Gasteiger partial charge in [-0.3, -0.25) is 14.5 Å². The molecule has 0 bridgehead atoms. The maximum atomic E-state index is 13.1. The van der Waals surface area contributed by atoms with Crippen molar-refractivity contribution in [1.29, 1.82) is 0 Å². The Hall–Kier alpha value is -2.32. The second-order valence-corrected chi connectivity index (χ2v) is 7.03. The van der Waals surface area contributed by atoms with Crippen molar-refractivity contribution in [2.45, 2.75) is 26.3 Å². The molecule has 0 spiro atoms. The van der Waals surface area contributed by atoms with E-state index in [0.717, 1.165) is 18.5 Å². The van der Waals surface area contributed by atoms with E-state index >= 15 is 0 Å². The molecule has 2 N–H and O–H groups in total. The molecule has 3 rings (SSSR count). The average Bonchev–Trinajstić information content (AvgIpc) is 3.37. The molecular formula is C18H21FN4O2S. The standard InChI is InChI=1S/C18H21FN4O2S/c1-12(24)23(16-6-4-14(19)5-7-16)18-22-15(11-26-18)10-20-8-9-21-17(25)13-2-3-13/h4-7,11,13,20H,2-3,8-10H2,1H3,(H,21,25). The third-order valence-electron chi connectivity index (χ3n) is 3.99. The molecule has 0 atom stereocenters. The molecule has 1 aromatic heterocycles. The van der Waals surface area contributed by atoms with Gasteiger partial charge in [-0.1, -0.05) is 0 Å². The average molecular weight is 376 g/mol. The number of rotatable bonds is 8. The number of thiazole rings is 1. The molecule has 1 aliphatic rings. The van der Waals surface area contributed by atoms with E-state index in [0.29, 0.717) is 30.5 Å². The van der Waals surface area contributed by atoms with Crippen molar-refractivity contribution in [2.75, 3.05) is 18.0 Å². The zero-order valence-corrected chi connectivity index (χ0v) is 15.3. The molecule has 1 fully saturated rings. The summed E-state index contributed by atoms with van der Waals surface area (Å²) in [6, 6.07) is 5.74. The number of carbonyl (C=O) groups is 2. The van der Waals surface area contributed by atoms with E-state index in [4.69, 9.17) is 0 Å². The highest BCUT2D eigenvalue weighted by molar-refractivity contribution is 7.14. The van der Waals surface area contributed by atoms with E-state index in [9.17, 15) is 14.0 Å². The molecule has 0 saturated heterocycles. The highest BCUT2D eigenvalue weighted by atomic mass is 32.1. The lowest BCUT2D eigenvalue weighted by Gasteiger charge is -2.17. The fraction of sp³-hybridized carbons (Fsp3) is 0.389. The number of benzene rings is 1. The van der Waals surface area contributed by atoms with Crippen LogP contribution >= 0.6 is 11.3 Å². The van der Waals surface area contributed by atoms with E-state index in [2.05, 4.69) is 15.6 Å². The maximum Gasteiger partial charge on any atom is 0.230 e. The number of carbonyl (C=O) groups excluding carboxylic acids is 2. The van der Waals surface area contributed by atoms with Crippen molar-refractivity contribution in [3.63, 3.8) is 0 Å². The van der Waals surface area contributed by atoms with Gasteiger partial charge in [-0.05, 0) is 37.1 Å². The number of halogens is 1. The fourth-order valence-electron chi connectivity index (χ4n) is 2.48. The molecule has 138 valence electrons. The van der Waals surface area contributed by atoms with Gasteiger partial charge in [0.2, 0.25) is 11.8 Å². The molecule has 1 saturated carbocycles. The first kappa shape index (κ1) is 18.5. The zero-order valence-electron chi connectivity index (χ0n) is 14.5. The summed E-state index contributed by atoms with van der Waals surface area (Å²) < 4.78 is 13.1. The van der Waals surface area contributed by atoms with Crippen LogP contribution in [-0.2, 0) is 16.1 Å². The Kier molecular flexibility index (Phi) is 5.95. The fourth-order valence-corrected chi connectivity index (χ4v) is 3.36. The molecule has 8 heteroatoms. The largest absolute Gasteiger partial charge is 0.355 e. The highest BCUT2D eigenvalue weighted by Crippen LogP contribution is 2.29. The normalized spacial score (nSPS) is 13.5. The van der Waals surface area contributed by atoms with E-state index in [1.54, 1.807) is 12.1 Å². The van der Waals surface area contributed by atoms with Gasteiger partial charge < -0.3 is 10.6 Å². The van der Waals surface area contributed by atoms with Crippen molar-refractivity contribution in [2.24, 2.45) is 5.92 Å². The van der Waals surface area contributed by atoms with Gasteiger partial charge in [-0.15, -0.1) is 11.3 Å². The first-order chi connectivity index (χ1) is 12.5. The zero-order chi connectivity index (χ0) is 18.5. The van der Waals surface area contributed by atoms with Crippen LogP contribution in [0.5, 0.6) is 0 Å². The predicted octanol–water partition coefficient (Wildman–Crippen LogP) is 2.58. The van der Waals surface area contributed by atoms with E-state index in [1.165, 1.54) is 35.3 Å². The summed E-state index contributed by atoms with van der Waals surface area (Å²) >= 11 is 1.36. The predicted molar refractivity (Wildman–Crippen MR) is 98.8 cm³/mol. The van der Waals surface area contributed by atoms with Crippen LogP contribution in [-0.4, -0.2) is 29.9 Å². The van der Waals surface area contributed by atoms with Gasteiger partial charge in [-0.2, -0.15) is 0 Å². The molecule has 2 aromatic rings. The molecular weight excluding hydrogens is 355 g/mol. The van der Waals surface area contributed by atoms with Gasteiger partial charge in [0.15, 0.2) is 5.13 Å². The molecule has 0 unspecified atom stereocenters. The first-order valence-corrected chi connectivity index (χ1v) is 9.41. The molecule has 2 amide bonds. The summed E-state index contributed by atoms with van der Waals surface area (Å²) in [5.74, 6) is -0.178. The number of amides is 2.